The van der Waals surface area contributed by atoms with Crippen LogP contribution in [0.1, 0.15) is 19.4 Å². The fourth-order valence-electron chi connectivity index (χ4n) is 1.54. The molecule has 0 atom stereocenters. The molecule has 1 rings (SSSR count). The Bertz CT molecular complexity index is 375. The largest absolute Gasteiger partial charge is 0.496 e. The van der Waals surface area contributed by atoms with Crippen molar-refractivity contribution in [3.05, 3.63) is 28.2 Å². The molecule has 16 heavy (non-hydrogen) atoms. The van der Waals surface area contributed by atoms with Crippen molar-refractivity contribution in [1.82, 2.24) is 4.90 Å². The van der Waals surface area contributed by atoms with Gasteiger partial charge in [-0.25, -0.2) is 0 Å². The second-order valence-electron chi connectivity index (χ2n) is 3.37. The lowest BCUT2D eigenvalue weighted by Crippen LogP contribution is -2.30. The van der Waals surface area contributed by atoms with Crippen LogP contribution in [0, 0.1) is 5.41 Å². The van der Waals surface area contributed by atoms with Crippen molar-refractivity contribution in [2.24, 2.45) is 0 Å². The number of rotatable bonds is 4. The lowest BCUT2D eigenvalue weighted by molar-refractivity contribution is 0.412. The Balaban J connectivity index is 2.96. The van der Waals surface area contributed by atoms with Crippen molar-refractivity contribution < 1.29 is 4.74 Å². The van der Waals surface area contributed by atoms with Gasteiger partial charge in [-0.15, -0.1) is 0 Å². The number of amidine groups is 1. The van der Waals surface area contributed by atoms with Crippen LogP contribution in [0.3, 0.4) is 0 Å². The number of hydrogen-bond acceptors (Lipinski definition) is 2. The van der Waals surface area contributed by atoms with Gasteiger partial charge in [0.2, 0.25) is 0 Å². The molecule has 0 saturated heterocycles. The molecule has 0 aliphatic heterocycles. The summed E-state index contributed by atoms with van der Waals surface area (Å²) in [6.45, 7) is 5.80. The van der Waals surface area contributed by atoms with Crippen LogP contribution in [0.25, 0.3) is 0 Å². The summed E-state index contributed by atoms with van der Waals surface area (Å²) in [5.41, 5.74) is 0.899. The molecule has 0 radical (unpaired) electrons. The molecule has 0 aliphatic rings. The second kappa shape index (κ2) is 5.89. The summed E-state index contributed by atoms with van der Waals surface area (Å²) in [6.07, 6.45) is 0. The van der Waals surface area contributed by atoms with Crippen molar-refractivity contribution >= 4 is 21.8 Å². The average Bonchev–Trinajstić information content (AvgIpc) is 2.30. The summed E-state index contributed by atoms with van der Waals surface area (Å²) in [5, 5.41) is 8.08. The summed E-state index contributed by atoms with van der Waals surface area (Å²) in [4.78, 5) is 2.01. The fraction of sp³-hybridized carbons (Fsp3) is 0.417. The van der Waals surface area contributed by atoms with E-state index in [-0.39, 0.29) is 0 Å². The van der Waals surface area contributed by atoms with Gasteiger partial charge in [-0.3, -0.25) is 5.41 Å². The van der Waals surface area contributed by atoms with Crippen LogP contribution in [0.5, 0.6) is 5.75 Å². The van der Waals surface area contributed by atoms with Crippen molar-refractivity contribution in [3.8, 4) is 5.75 Å². The van der Waals surface area contributed by atoms with Gasteiger partial charge in [-0.2, -0.15) is 0 Å². The minimum absolute atomic E-state index is 0.549. The molecule has 0 bridgehead atoms. The first kappa shape index (κ1) is 13.0. The molecule has 0 heterocycles. The van der Waals surface area contributed by atoms with Gasteiger partial charge in [-0.05, 0) is 48.0 Å². The highest BCUT2D eigenvalue weighted by molar-refractivity contribution is 9.10. The molecule has 1 N–H and O–H groups in total. The Morgan fingerprint density at radius 2 is 2.00 bits per heavy atom. The number of halogens is 1. The molecular weight excluding hydrogens is 268 g/mol. The smallest absolute Gasteiger partial charge is 0.133 e. The Morgan fingerprint density at radius 1 is 1.38 bits per heavy atom. The van der Waals surface area contributed by atoms with Gasteiger partial charge >= 0.3 is 0 Å². The van der Waals surface area contributed by atoms with E-state index in [0.717, 1.165) is 28.9 Å². The molecule has 1 aromatic rings. The van der Waals surface area contributed by atoms with Gasteiger partial charge < -0.3 is 9.64 Å². The highest BCUT2D eigenvalue weighted by Crippen LogP contribution is 2.25. The molecule has 0 fully saturated rings. The van der Waals surface area contributed by atoms with Gasteiger partial charge in [0.25, 0.3) is 0 Å². The van der Waals surface area contributed by atoms with E-state index in [0.29, 0.717) is 5.84 Å². The third kappa shape index (κ3) is 2.76. The number of benzene rings is 1. The summed E-state index contributed by atoms with van der Waals surface area (Å²) in [7, 11) is 1.63. The van der Waals surface area contributed by atoms with Crippen LogP contribution in [-0.4, -0.2) is 30.9 Å². The Kier molecular flexibility index (Phi) is 4.80. The van der Waals surface area contributed by atoms with E-state index in [1.54, 1.807) is 7.11 Å². The van der Waals surface area contributed by atoms with Crippen LogP contribution in [0.15, 0.2) is 22.7 Å². The van der Waals surface area contributed by atoms with E-state index >= 15 is 0 Å². The minimum Gasteiger partial charge on any atom is -0.496 e. The third-order valence-electron chi connectivity index (χ3n) is 2.50. The number of ether oxygens (including phenoxy) is 1. The van der Waals surface area contributed by atoms with Crippen molar-refractivity contribution in [1.29, 1.82) is 5.41 Å². The lowest BCUT2D eigenvalue weighted by atomic mass is 10.2. The first-order valence-corrected chi connectivity index (χ1v) is 6.10. The van der Waals surface area contributed by atoms with E-state index in [1.807, 2.05) is 23.1 Å². The van der Waals surface area contributed by atoms with Gasteiger partial charge in [0.05, 0.1) is 11.6 Å². The molecular formula is C12H17BrN2O. The predicted molar refractivity (Wildman–Crippen MR) is 70.4 cm³/mol. The number of hydrogen-bond donors (Lipinski definition) is 1. The van der Waals surface area contributed by atoms with Crippen LogP contribution in [-0.2, 0) is 0 Å². The molecule has 0 aliphatic carbocycles. The SMILES string of the molecule is CCN(CC)C(=N)c1ccc(OC)c(Br)c1. The maximum atomic E-state index is 8.08. The summed E-state index contributed by atoms with van der Waals surface area (Å²) < 4.78 is 6.04. The van der Waals surface area contributed by atoms with Gasteiger partial charge in [0, 0.05) is 18.7 Å². The molecule has 0 aromatic heterocycles. The van der Waals surface area contributed by atoms with Crippen LogP contribution >= 0.6 is 15.9 Å². The molecule has 3 nitrogen and oxygen atoms in total. The summed E-state index contributed by atoms with van der Waals surface area (Å²) in [6, 6.07) is 5.70. The fourth-order valence-corrected chi connectivity index (χ4v) is 2.08. The number of methoxy groups -OCH3 is 1. The summed E-state index contributed by atoms with van der Waals surface area (Å²) in [5.74, 6) is 1.34. The molecule has 4 heteroatoms. The zero-order valence-electron chi connectivity index (χ0n) is 9.88. The van der Waals surface area contributed by atoms with Crippen molar-refractivity contribution in [2.45, 2.75) is 13.8 Å². The maximum absolute atomic E-state index is 8.08. The average molecular weight is 285 g/mol. The van der Waals surface area contributed by atoms with E-state index in [9.17, 15) is 0 Å². The first-order chi connectivity index (χ1) is 7.63. The summed E-state index contributed by atoms with van der Waals surface area (Å²) >= 11 is 3.43. The van der Waals surface area contributed by atoms with E-state index in [2.05, 4.69) is 29.8 Å². The van der Waals surface area contributed by atoms with Crippen molar-refractivity contribution in [2.75, 3.05) is 20.2 Å². The first-order valence-electron chi connectivity index (χ1n) is 5.31. The Hall–Kier alpha value is -1.03. The molecule has 0 unspecified atom stereocenters. The standard InChI is InChI=1S/C12H17BrN2O/c1-4-15(5-2)12(14)9-6-7-11(16-3)10(13)8-9/h6-8,14H,4-5H2,1-3H3. The van der Waals surface area contributed by atoms with Gasteiger partial charge in [0.1, 0.15) is 11.6 Å². The molecule has 0 saturated carbocycles. The minimum atomic E-state index is 0.549. The molecule has 0 spiro atoms. The van der Waals surface area contributed by atoms with Crippen molar-refractivity contribution in [3.63, 3.8) is 0 Å². The highest BCUT2D eigenvalue weighted by Gasteiger charge is 2.10. The van der Waals surface area contributed by atoms with Crippen LogP contribution in [0.4, 0.5) is 0 Å². The highest BCUT2D eigenvalue weighted by atomic mass is 79.9. The lowest BCUT2D eigenvalue weighted by Gasteiger charge is -2.22. The van der Waals surface area contributed by atoms with E-state index in [4.69, 9.17) is 10.1 Å². The maximum Gasteiger partial charge on any atom is 0.133 e. The third-order valence-corrected chi connectivity index (χ3v) is 3.12. The molecule has 88 valence electrons. The van der Waals surface area contributed by atoms with Crippen LogP contribution in [0.2, 0.25) is 0 Å². The Morgan fingerprint density at radius 3 is 2.44 bits per heavy atom. The second-order valence-corrected chi connectivity index (χ2v) is 4.22. The number of nitrogens with one attached hydrogen (secondary N) is 1. The quantitative estimate of drug-likeness (QED) is 0.681. The van der Waals surface area contributed by atoms with E-state index < -0.39 is 0 Å². The van der Waals surface area contributed by atoms with E-state index in [1.165, 1.54) is 0 Å². The van der Waals surface area contributed by atoms with Gasteiger partial charge in [0.15, 0.2) is 0 Å². The zero-order chi connectivity index (χ0) is 12.1. The Labute approximate surface area is 105 Å². The molecule has 1 aromatic carbocycles. The predicted octanol–water partition coefficient (Wildman–Crippen LogP) is 3.12. The van der Waals surface area contributed by atoms with Crippen LogP contribution < -0.4 is 4.74 Å². The normalized spacial score (nSPS) is 10.0. The number of nitrogens with zero attached hydrogens (tertiary/aromatic N) is 1. The molecule has 0 amide bonds. The topological polar surface area (TPSA) is 36.3 Å². The zero-order valence-corrected chi connectivity index (χ0v) is 11.5. The monoisotopic (exact) mass is 284 g/mol. The van der Waals surface area contributed by atoms with Gasteiger partial charge in [-0.1, -0.05) is 0 Å².